The molecule has 1 rings (SSSR count). The van der Waals surface area contributed by atoms with E-state index in [9.17, 15) is 8.42 Å². The zero-order valence-electron chi connectivity index (χ0n) is 10.8. The third-order valence-corrected chi connectivity index (χ3v) is 3.44. The van der Waals surface area contributed by atoms with Gasteiger partial charge in [-0.05, 0) is 31.2 Å². The second-order valence-electron chi connectivity index (χ2n) is 3.70. The Balaban J connectivity index is 2.62. The molecule has 0 saturated carbocycles. The summed E-state index contributed by atoms with van der Waals surface area (Å²) in [5, 5.41) is 0. The van der Waals surface area contributed by atoms with Gasteiger partial charge in [0.2, 0.25) is 10.0 Å². The van der Waals surface area contributed by atoms with Gasteiger partial charge < -0.3 is 10.5 Å². The minimum Gasteiger partial charge on any atom is -0.381 e. The Hall–Kier alpha value is -1.55. The summed E-state index contributed by atoms with van der Waals surface area (Å²) in [6, 6.07) is 6.81. The second-order valence-corrected chi connectivity index (χ2v) is 5.54. The number of hydrogen-bond donors (Lipinski definition) is 2. The molecule has 0 aliphatic rings. The average Bonchev–Trinajstić information content (AvgIpc) is 2.38. The molecule has 0 atom stereocenters. The molecule has 0 unspecified atom stereocenters. The van der Waals surface area contributed by atoms with Crippen LogP contribution in [0.4, 0.5) is 5.69 Å². The fourth-order valence-electron chi connectivity index (χ4n) is 1.32. The van der Waals surface area contributed by atoms with Crippen LogP contribution in [0.5, 0.6) is 0 Å². The number of hydrogen-bond acceptors (Lipinski definition) is 4. The molecule has 1 aromatic carbocycles. The van der Waals surface area contributed by atoms with Crippen LogP contribution in [0.15, 0.2) is 24.3 Å². The highest BCUT2D eigenvalue weighted by Gasteiger charge is 2.09. The monoisotopic (exact) mass is 282 g/mol. The first-order chi connectivity index (χ1) is 9.07. The van der Waals surface area contributed by atoms with Gasteiger partial charge in [-0.3, -0.25) is 4.72 Å². The van der Waals surface area contributed by atoms with Crippen LogP contribution < -0.4 is 10.5 Å². The molecular weight excluding hydrogens is 264 g/mol. The largest absolute Gasteiger partial charge is 0.381 e. The molecule has 5 nitrogen and oxygen atoms in total. The summed E-state index contributed by atoms with van der Waals surface area (Å²) in [7, 11) is -3.37. The maximum absolute atomic E-state index is 11.7. The number of sulfonamides is 1. The van der Waals surface area contributed by atoms with Crippen molar-refractivity contribution < 1.29 is 13.2 Å². The van der Waals surface area contributed by atoms with E-state index in [1.54, 1.807) is 24.3 Å². The zero-order chi connectivity index (χ0) is 14.1. The number of nitrogens with one attached hydrogen (secondary N) is 1. The summed E-state index contributed by atoms with van der Waals surface area (Å²) < 4.78 is 30.9. The van der Waals surface area contributed by atoms with E-state index in [-0.39, 0.29) is 12.4 Å². The summed E-state index contributed by atoms with van der Waals surface area (Å²) >= 11 is 0. The van der Waals surface area contributed by atoms with E-state index in [2.05, 4.69) is 16.6 Å². The first kappa shape index (κ1) is 15.5. The number of anilines is 1. The lowest BCUT2D eigenvalue weighted by atomic mass is 10.2. The van der Waals surface area contributed by atoms with Crippen molar-refractivity contribution >= 4 is 15.7 Å². The average molecular weight is 282 g/mol. The number of ether oxygens (including phenoxy) is 1. The Morgan fingerprint density at radius 1 is 1.32 bits per heavy atom. The predicted molar refractivity (Wildman–Crippen MR) is 76.3 cm³/mol. The van der Waals surface area contributed by atoms with E-state index in [0.717, 1.165) is 5.56 Å². The Morgan fingerprint density at radius 2 is 2.00 bits per heavy atom. The molecule has 6 heteroatoms. The Morgan fingerprint density at radius 3 is 2.58 bits per heavy atom. The van der Waals surface area contributed by atoms with E-state index in [1.165, 1.54) is 0 Å². The van der Waals surface area contributed by atoms with Crippen molar-refractivity contribution in [3.63, 3.8) is 0 Å². The molecule has 19 heavy (non-hydrogen) atoms. The van der Waals surface area contributed by atoms with E-state index in [4.69, 9.17) is 10.5 Å². The van der Waals surface area contributed by atoms with Crippen LogP contribution in [0.25, 0.3) is 0 Å². The molecule has 3 N–H and O–H groups in total. The van der Waals surface area contributed by atoms with Gasteiger partial charge in [-0.25, -0.2) is 8.42 Å². The van der Waals surface area contributed by atoms with Gasteiger partial charge in [0.15, 0.2) is 0 Å². The van der Waals surface area contributed by atoms with Gasteiger partial charge in [-0.15, -0.1) is 0 Å². The van der Waals surface area contributed by atoms with E-state index in [0.29, 0.717) is 18.8 Å². The van der Waals surface area contributed by atoms with E-state index >= 15 is 0 Å². The van der Waals surface area contributed by atoms with Crippen LogP contribution in [0, 0.1) is 11.8 Å². The Bertz CT molecular complexity index is 541. The third-order valence-electron chi connectivity index (χ3n) is 2.19. The highest BCUT2D eigenvalue weighted by molar-refractivity contribution is 7.92. The maximum atomic E-state index is 11.7. The van der Waals surface area contributed by atoms with Crippen molar-refractivity contribution in [3.05, 3.63) is 29.8 Å². The normalized spacial score (nSPS) is 10.6. The molecule has 0 aliphatic carbocycles. The van der Waals surface area contributed by atoms with Crippen LogP contribution in [0.2, 0.25) is 0 Å². The fourth-order valence-corrected chi connectivity index (χ4v) is 2.25. The maximum Gasteiger partial charge on any atom is 0.234 e. The minimum atomic E-state index is -3.37. The Kier molecular flexibility index (Phi) is 6.36. The van der Waals surface area contributed by atoms with Crippen molar-refractivity contribution in [2.75, 3.05) is 30.2 Å². The SMILES string of the molecule is CCOCCS(=O)(=O)Nc1ccc(C#CCN)cc1. The molecule has 0 spiro atoms. The third kappa shape index (κ3) is 6.25. The molecule has 0 amide bonds. The first-order valence-corrected chi connectivity index (χ1v) is 7.60. The lowest BCUT2D eigenvalue weighted by molar-refractivity contribution is 0.163. The lowest BCUT2D eigenvalue weighted by Gasteiger charge is -2.07. The van der Waals surface area contributed by atoms with Gasteiger partial charge in [-0.2, -0.15) is 0 Å². The Labute approximate surface area is 114 Å². The molecule has 104 valence electrons. The van der Waals surface area contributed by atoms with Crippen molar-refractivity contribution in [1.29, 1.82) is 0 Å². The molecule has 0 aromatic heterocycles. The summed E-state index contributed by atoms with van der Waals surface area (Å²) in [6.45, 7) is 2.81. The second kappa shape index (κ2) is 7.79. The molecule has 0 radical (unpaired) electrons. The van der Waals surface area contributed by atoms with Crippen LogP contribution in [0.3, 0.4) is 0 Å². The van der Waals surface area contributed by atoms with Gasteiger partial charge in [-0.1, -0.05) is 11.8 Å². The molecule has 0 saturated heterocycles. The number of benzene rings is 1. The van der Waals surface area contributed by atoms with Crippen molar-refractivity contribution in [3.8, 4) is 11.8 Å². The molecule has 0 fully saturated rings. The van der Waals surface area contributed by atoms with Crippen molar-refractivity contribution in [2.45, 2.75) is 6.92 Å². The van der Waals surface area contributed by atoms with Gasteiger partial charge in [0.1, 0.15) is 0 Å². The minimum absolute atomic E-state index is 0.0599. The first-order valence-electron chi connectivity index (χ1n) is 5.94. The van der Waals surface area contributed by atoms with Crippen molar-refractivity contribution in [2.24, 2.45) is 5.73 Å². The van der Waals surface area contributed by atoms with Gasteiger partial charge in [0, 0.05) is 17.9 Å². The fraction of sp³-hybridized carbons (Fsp3) is 0.385. The summed E-state index contributed by atoms with van der Waals surface area (Å²) in [4.78, 5) is 0. The van der Waals surface area contributed by atoms with Crippen LogP contribution in [-0.4, -0.2) is 33.9 Å². The smallest absolute Gasteiger partial charge is 0.234 e. The highest BCUT2D eigenvalue weighted by atomic mass is 32.2. The van der Waals surface area contributed by atoms with Crippen LogP contribution in [0.1, 0.15) is 12.5 Å². The van der Waals surface area contributed by atoms with Crippen LogP contribution in [-0.2, 0) is 14.8 Å². The summed E-state index contributed by atoms with van der Waals surface area (Å²) in [5.74, 6) is 5.53. The van der Waals surface area contributed by atoms with Crippen LogP contribution >= 0.6 is 0 Å². The standard InChI is InChI=1S/C13H18N2O3S/c1-2-18-10-11-19(16,17)15-13-7-5-12(6-8-13)4-3-9-14/h5-8,15H,2,9-11,14H2,1H3. The van der Waals surface area contributed by atoms with Gasteiger partial charge >= 0.3 is 0 Å². The van der Waals surface area contributed by atoms with Crippen molar-refractivity contribution in [1.82, 2.24) is 0 Å². The molecule has 0 bridgehead atoms. The predicted octanol–water partition coefficient (Wildman–Crippen LogP) is 0.775. The summed E-state index contributed by atoms with van der Waals surface area (Å²) in [5.41, 5.74) is 6.57. The lowest BCUT2D eigenvalue weighted by Crippen LogP contribution is -2.20. The topological polar surface area (TPSA) is 81.4 Å². The number of nitrogens with two attached hydrogens (primary N) is 1. The summed E-state index contributed by atoms with van der Waals surface area (Å²) in [6.07, 6.45) is 0. The molecular formula is C13H18N2O3S. The zero-order valence-corrected chi connectivity index (χ0v) is 11.7. The molecule has 1 aromatic rings. The molecule has 0 heterocycles. The quantitative estimate of drug-likeness (QED) is 0.596. The molecule has 0 aliphatic heterocycles. The number of rotatable bonds is 6. The van der Waals surface area contributed by atoms with E-state index in [1.807, 2.05) is 6.92 Å². The van der Waals surface area contributed by atoms with Gasteiger partial charge in [0.25, 0.3) is 0 Å². The highest BCUT2D eigenvalue weighted by Crippen LogP contribution is 2.10. The van der Waals surface area contributed by atoms with Gasteiger partial charge in [0.05, 0.1) is 18.9 Å². The van der Waals surface area contributed by atoms with E-state index < -0.39 is 10.0 Å².